The van der Waals surface area contributed by atoms with Crippen LogP contribution in [0.4, 0.5) is 10.1 Å². The lowest BCUT2D eigenvalue weighted by Crippen LogP contribution is -2.04. The number of rotatable bonds is 7. The molecule has 1 N–H and O–H groups in total. The summed E-state index contributed by atoms with van der Waals surface area (Å²) in [5.74, 6) is 1.05. The van der Waals surface area contributed by atoms with Crippen LogP contribution in [0.1, 0.15) is 16.7 Å². The fraction of sp³-hybridized carbons (Fsp3) is 0.182. The molecule has 0 radical (unpaired) electrons. The van der Waals surface area contributed by atoms with Crippen molar-refractivity contribution in [3.8, 4) is 11.5 Å². The van der Waals surface area contributed by atoms with E-state index in [0.717, 1.165) is 24.9 Å². The Morgan fingerprint density at radius 2 is 1.89 bits per heavy atom. The third-order valence-corrected chi connectivity index (χ3v) is 5.53. The van der Waals surface area contributed by atoms with Gasteiger partial charge in [0.2, 0.25) is 0 Å². The van der Waals surface area contributed by atoms with Crippen molar-refractivity contribution in [2.45, 2.75) is 20.1 Å². The molecule has 0 saturated carbocycles. The number of benzene rings is 3. The van der Waals surface area contributed by atoms with Crippen LogP contribution in [0, 0.1) is 16.3 Å². The minimum Gasteiger partial charge on any atom is -0.493 e. The van der Waals surface area contributed by atoms with Crippen molar-refractivity contribution in [2.24, 2.45) is 0 Å². The summed E-state index contributed by atoms with van der Waals surface area (Å²) >= 11 is 5.72. The number of hydrogen-bond acceptors (Lipinski definition) is 3. The second-order valence-corrected chi connectivity index (χ2v) is 8.42. The van der Waals surface area contributed by atoms with Crippen molar-refractivity contribution in [3.05, 3.63) is 85.1 Å². The highest BCUT2D eigenvalue weighted by molar-refractivity contribution is 14.1. The van der Waals surface area contributed by atoms with Gasteiger partial charge in [0.25, 0.3) is 0 Å². The molecule has 0 fully saturated rings. The van der Waals surface area contributed by atoms with Gasteiger partial charge in [-0.05, 0) is 88.7 Å². The SMILES string of the molecule is COc1cc(CNc2ccc(Br)cc2C)cc(I)c1OCc1cccc(F)c1. The second-order valence-electron chi connectivity index (χ2n) is 6.34. The second kappa shape index (κ2) is 9.60. The minimum absolute atomic E-state index is 0.271. The Morgan fingerprint density at radius 3 is 2.61 bits per heavy atom. The zero-order chi connectivity index (χ0) is 20.1. The summed E-state index contributed by atoms with van der Waals surface area (Å²) in [6.45, 7) is 3.01. The van der Waals surface area contributed by atoms with Crippen LogP contribution < -0.4 is 14.8 Å². The summed E-state index contributed by atoms with van der Waals surface area (Å²) in [6, 6.07) is 16.6. The molecule has 146 valence electrons. The number of methoxy groups -OCH3 is 1. The van der Waals surface area contributed by atoms with E-state index in [1.54, 1.807) is 13.2 Å². The highest BCUT2D eigenvalue weighted by Crippen LogP contribution is 2.35. The van der Waals surface area contributed by atoms with Gasteiger partial charge in [-0.2, -0.15) is 0 Å². The topological polar surface area (TPSA) is 30.5 Å². The van der Waals surface area contributed by atoms with Crippen molar-refractivity contribution < 1.29 is 13.9 Å². The standard InChI is InChI=1S/C22H20BrFINO2/c1-14-8-17(23)6-7-20(14)26-12-16-10-19(25)22(21(11-16)27-2)28-13-15-4-3-5-18(24)9-15/h3-11,26H,12-13H2,1-2H3. The summed E-state index contributed by atoms with van der Waals surface area (Å²) in [5, 5.41) is 3.46. The predicted molar refractivity (Wildman–Crippen MR) is 123 cm³/mol. The molecule has 0 amide bonds. The molecule has 0 aliphatic carbocycles. The molecule has 3 rings (SSSR count). The van der Waals surface area contributed by atoms with Crippen LogP contribution >= 0.6 is 38.5 Å². The molecule has 0 saturated heterocycles. The van der Waals surface area contributed by atoms with Crippen LogP contribution in [-0.2, 0) is 13.2 Å². The molecule has 3 nitrogen and oxygen atoms in total. The lowest BCUT2D eigenvalue weighted by Gasteiger charge is -2.16. The van der Waals surface area contributed by atoms with E-state index in [2.05, 4.69) is 69.0 Å². The normalized spacial score (nSPS) is 10.6. The zero-order valence-electron chi connectivity index (χ0n) is 15.6. The van der Waals surface area contributed by atoms with Crippen LogP contribution in [0.5, 0.6) is 11.5 Å². The molecule has 0 aromatic heterocycles. The Labute approximate surface area is 186 Å². The maximum Gasteiger partial charge on any atom is 0.174 e. The molecule has 0 aliphatic heterocycles. The minimum atomic E-state index is -0.271. The van der Waals surface area contributed by atoms with E-state index in [-0.39, 0.29) is 12.4 Å². The number of aryl methyl sites for hydroxylation is 1. The smallest absolute Gasteiger partial charge is 0.174 e. The molecular weight excluding hydrogens is 536 g/mol. The van der Waals surface area contributed by atoms with Crippen LogP contribution in [0.2, 0.25) is 0 Å². The van der Waals surface area contributed by atoms with Crippen molar-refractivity contribution in [3.63, 3.8) is 0 Å². The van der Waals surface area contributed by atoms with Gasteiger partial charge in [0, 0.05) is 16.7 Å². The van der Waals surface area contributed by atoms with E-state index < -0.39 is 0 Å². The van der Waals surface area contributed by atoms with Crippen LogP contribution in [-0.4, -0.2) is 7.11 Å². The summed E-state index contributed by atoms with van der Waals surface area (Å²) in [5.41, 5.74) is 4.12. The lowest BCUT2D eigenvalue weighted by molar-refractivity contribution is 0.281. The molecule has 0 unspecified atom stereocenters. The average molecular weight is 556 g/mol. The van der Waals surface area contributed by atoms with Gasteiger partial charge in [-0.1, -0.05) is 28.1 Å². The Kier molecular flexibility index (Phi) is 7.18. The van der Waals surface area contributed by atoms with Crippen molar-refractivity contribution >= 4 is 44.2 Å². The molecule has 0 bridgehead atoms. The Morgan fingerprint density at radius 1 is 1.07 bits per heavy atom. The number of hydrogen-bond donors (Lipinski definition) is 1. The van der Waals surface area contributed by atoms with E-state index >= 15 is 0 Å². The number of nitrogens with one attached hydrogen (secondary N) is 1. The molecule has 28 heavy (non-hydrogen) atoms. The van der Waals surface area contributed by atoms with E-state index in [4.69, 9.17) is 9.47 Å². The fourth-order valence-corrected chi connectivity index (χ4v) is 4.12. The van der Waals surface area contributed by atoms with Gasteiger partial charge >= 0.3 is 0 Å². The highest BCUT2D eigenvalue weighted by atomic mass is 127. The third-order valence-electron chi connectivity index (χ3n) is 4.23. The van der Waals surface area contributed by atoms with Gasteiger partial charge in [0.05, 0.1) is 10.7 Å². The first-order valence-corrected chi connectivity index (χ1v) is 10.6. The molecule has 3 aromatic carbocycles. The van der Waals surface area contributed by atoms with Gasteiger partial charge < -0.3 is 14.8 Å². The van der Waals surface area contributed by atoms with Gasteiger partial charge in [-0.25, -0.2) is 4.39 Å². The van der Waals surface area contributed by atoms with Gasteiger partial charge in [-0.3, -0.25) is 0 Å². The van der Waals surface area contributed by atoms with E-state index in [1.165, 1.54) is 17.7 Å². The van der Waals surface area contributed by atoms with Crippen molar-refractivity contribution in [2.75, 3.05) is 12.4 Å². The molecular formula is C22H20BrFINO2. The summed E-state index contributed by atoms with van der Waals surface area (Å²) < 4.78 is 26.8. The van der Waals surface area contributed by atoms with Crippen LogP contribution in [0.3, 0.4) is 0 Å². The largest absolute Gasteiger partial charge is 0.493 e. The molecule has 0 atom stereocenters. The van der Waals surface area contributed by atoms with Crippen molar-refractivity contribution in [1.29, 1.82) is 0 Å². The summed E-state index contributed by atoms with van der Waals surface area (Å²) in [6.07, 6.45) is 0. The average Bonchev–Trinajstić information content (AvgIpc) is 2.66. The fourth-order valence-electron chi connectivity index (χ4n) is 2.82. The third kappa shape index (κ3) is 5.38. The Hall–Kier alpha value is -1.80. The Balaban J connectivity index is 1.73. The van der Waals surface area contributed by atoms with Crippen molar-refractivity contribution in [1.82, 2.24) is 0 Å². The monoisotopic (exact) mass is 555 g/mol. The van der Waals surface area contributed by atoms with Gasteiger partial charge in [-0.15, -0.1) is 0 Å². The Bertz CT molecular complexity index is 981. The first kappa shape index (κ1) is 20.9. The quantitative estimate of drug-likeness (QED) is 0.329. The van der Waals surface area contributed by atoms with E-state index in [0.29, 0.717) is 18.0 Å². The summed E-state index contributed by atoms with van der Waals surface area (Å²) in [7, 11) is 1.62. The molecule has 0 spiro atoms. The van der Waals surface area contributed by atoms with E-state index in [1.807, 2.05) is 18.2 Å². The van der Waals surface area contributed by atoms with Crippen LogP contribution in [0.15, 0.2) is 59.1 Å². The number of halogens is 3. The van der Waals surface area contributed by atoms with E-state index in [9.17, 15) is 4.39 Å². The molecule has 3 aromatic rings. The molecule has 0 aliphatic rings. The number of ether oxygens (including phenoxy) is 2. The highest BCUT2D eigenvalue weighted by Gasteiger charge is 2.12. The molecule has 0 heterocycles. The first-order valence-electron chi connectivity index (χ1n) is 8.70. The molecule has 6 heteroatoms. The maximum absolute atomic E-state index is 13.4. The number of anilines is 1. The predicted octanol–water partition coefficient (Wildman–Crippen LogP) is 6.70. The summed E-state index contributed by atoms with van der Waals surface area (Å²) in [4.78, 5) is 0. The first-order chi connectivity index (χ1) is 13.5. The maximum atomic E-state index is 13.4. The van der Waals surface area contributed by atoms with Gasteiger partial charge in [0.15, 0.2) is 11.5 Å². The van der Waals surface area contributed by atoms with Crippen LogP contribution in [0.25, 0.3) is 0 Å². The zero-order valence-corrected chi connectivity index (χ0v) is 19.3. The van der Waals surface area contributed by atoms with Gasteiger partial charge in [0.1, 0.15) is 12.4 Å². The lowest BCUT2D eigenvalue weighted by atomic mass is 10.1.